The number of rotatable bonds is 8. The van der Waals surface area contributed by atoms with Gasteiger partial charge in [0, 0.05) is 11.1 Å². The highest BCUT2D eigenvalue weighted by atomic mass is 16.5. The fraction of sp³-hybridized carbons (Fsp3) is 0.190. The first-order valence-electron chi connectivity index (χ1n) is 7.85. The van der Waals surface area contributed by atoms with Crippen molar-refractivity contribution in [3.63, 3.8) is 0 Å². The predicted molar refractivity (Wildman–Crippen MR) is 99.8 cm³/mol. The molecule has 0 spiro atoms. The Labute approximate surface area is 148 Å². The molecule has 0 N–H and O–H groups in total. The van der Waals surface area contributed by atoms with Gasteiger partial charge in [-0.3, -0.25) is 4.79 Å². The predicted octanol–water partition coefficient (Wildman–Crippen LogP) is 4.34. The maximum Gasteiger partial charge on any atom is 0.185 e. The van der Waals surface area contributed by atoms with E-state index in [-0.39, 0.29) is 5.78 Å². The molecule has 130 valence electrons. The molecule has 4 heteroatoms. The number of ether oxygens (including phenoxy) is 3. The van der Waals surface area contributed by atoms with E-state index in [1.165, 1.54) is 6.08 Å². The van der Waals surface area contributed by atoms with Crippen LogP contribution in [0.25, 0.3) is 6.08 Å². The Hall–Kier alpha value is -3.01. The van der Waals surface area contributed by atoms with Gasteiger partial charge < -0.3 is 14.2 Å². The maximum absolute atomic E-state index is 12.3. The first-order chi connectivity index (χ1) is 12.1. The topological polar surface area (TPSA) is 44.8 Å². The normalized spacial score (nSPS) is 10.5. The molecule has 0 radical (unpaired) electrons. The van der Waals surface area contributed by atoms with Crippen LogP contribution < -0.4 is 14.2 Å². The van der Waals surface area contributed by atoms with Crippen molar-refractivity contribution in [3.8, 4) is 17.2 Å². The van der Waals surface area contributed by atoms with E-state index >= 15 is 0 Å². The first-order valence-corrected chi connectivity index (χ1v) is 7.85. The molecule has 0 heterocycles. The summed E-state index contributed by atoms with van der Waals surface area (Å²) in [4.78, 5) is 12.3. The van der Waals surface area contributed by atoms with Crippen LogP contribution in [0.15, 0.2) is 55.1 Å². The molecule has 2 aromatic carbocycles. The molecule has 25 heavy (non-hydrogen) atoms. The average molecular weight is 338 g/mol. The summed E-state index contributed by atoms with van der Waals surface area (Å²) in [7, 11) is 4.81. The minimum atomic E-state index is -0.0873. The minimum Gasteiger partial charge on any atom is -0.497 e. The molecule has 0 atom stereocenters. The van der Waals surface area contributed by atoms with Crippen molar-refractivity contribution < 1.29 is 19.0 Å². The lowest BCUT2D eigenvalue weighted by atomic mass is 10.0. The van der Waals surface area contributed by atoms with Gasteiger partial charge in [0.15, 0.2) is 5.78 Å². The van der Waals surface area contributed by atoms with Gasteiger partial charge in [-0.25, -0.2) is 0 Å². The van der Waals surface area contributed by atoms with E-state index in [1.54, 1.807) is 57.7 Å². The van der Waals surface area contributed by atoms with Crippen LogP contribution >= 0.6 is 0 Å². The van der Waals surface area contributed by atoms with E-state index in [0.717, 1.165) is 11.1 Å². The fourth-order valence-electron chi connectivity index (χ4n) is 2.47. The van der Waals surface area contributed by atoms with Crippen molar-refractivity contribution in [2.75, 3.05) is 21.3 Å². The molecule has 2 rings (SSSR count). The zero-order valence-corrected chi connectivity index (χ0v) is 14.7. The number of carbonyl (C=O) groups is 1. The summed E-state index contributed by atoms with van der Waals surface area (Å²) in [5.74, 6) is 2.04. The van der Waals surface area contributed by atoms with E-state index in [4.69, 9.17) is 14.2 Å². The van der Waals surface area contributed by atoms with E-state index in [0.29, 0.717) is 29.2 Å². The van der Waals surface area contributed by atoms with Crippen molar-refractivity contribution in [2.45, 2.75) is 6.42 Å². The Morgan fingerprint density at radius 1 is 1.00 bits per heavy atom. The lowest BCUT2D eigenvalue weighted by Gasteiger charge is -2.13. The summed E-state index contributed by atoms with van der Waals surface area (Å²) in [5.41, 5.74) is 2.35. The van der Waals surface area contributed by atoms with Crippen LogP contribution in [0.2, 0.25) is 0 Å². The van der Waals surface area contributed by atoms with Gasteiger partial charge in [0.1, 0.15) is 17.2 Å². The van der Waals surface area contributed by atoms with Gasteiger partial charge >= 0.3 is 0 Å². The lowest BCUT2D eigenvalue weighted by molar-refractivity contribution is 0.104. The Kier molecular flexibility index (Phi) is 6.40. The summed E-state index contributed by atoms with van der Waals surface area (Å²) in [6.45, 7) is 3.76. The smallest absolute Gasteiger partial charge is 0.185 e. The second-order valence-corrected chi connectivity index (χ2v) is 5.32. The van der Waals surface area contributed by atoms with E-state index < -0.39 is 0 Å². The van der Waals surface area contributed by atoms with Gasteiger partial charge in [-0.15, -0.1) is 6.58 Å². The van der Waals surface area contributed by atoms with E-state index in [1.807, 2.05) is 12.1 Å². The number of methoxy groups -OCH3 is 3. The number of hydrogen-bond donors (Lipinski definition) is 0. The van der Waals surface area contributed by atoms with Crippen LogP contribution in [-0.4, -0.2) is 27.1 Å². The van der Waals surface area contributed by atoms with Crippen molar-refractivity contribution in [1.29, 1.82) is 0 Å². The Balaban J connectivity index is 2.27. The number of ketones is 1. The van der Waals surface area contributed by atoms with Crippen molar-refractivity contribution in [3.05, 3.63) is 71.8 Å². The largest absolute Gasteiger partial charge is 0.497 e. The van der Waals surface area contributed by atoms with Gasteiger partial charge in [-0.2, -0.15) is 0 Å². The summed E-state index contributed by atoms with van der Waals surface area (Å²) in [6, 6.07) is 10.7. The third-order valence-electron chi connectivity index (χ3n) is 3.78. The molecule has 2 aromatic rings. The molecular formula is C21H22O4. The van der Waals surface area contributed by atoms with E-state index in [9.17, 15) is 4.79 Å². The van der Waals surface area contributed by atoms with Crippen LogP contribution in [0.5, 0.6) is 17.2 Å². The molecule has 0 unspecified atom stereocenters. The number of allylic oxidation sites excluding steroid dienone is 2. The van der Waals surface area contributed by atoms with Crippen LogP contribution in [0.3, 0.4) is 0 Å². The molecule has 0 aliphatic carbocycles. The van der Waals surface area contributed by atoms with Crippen LogP contribution in [0, 0.1) is 0 Å². The van der Waals surface area contributed by atoms with Gasteiger partial charge in [0.05, 0.1) is 21.3 Å². The maximum atomic E-state index is 12.3. The van der Waals surface area contributed by atoms with Crippen LogP contribution in [0.4, 0.5) is 0 Å². The van der Waals surface area contributed by atoms with Gasteiger partial charge in [-0.05, 0) is 54.5 Å². The number of carbonyl (C=O) groups excluding carboxylic acids is 1. The average Bonchev–Trinajstić information content (AvgIpc) is 2.66. The van der Waals surface area contributed by atoms with Crippen molar-refractivity contribution >= 4 is 11.9 Å². The van der Waals surface area contributed by atoms with Crippen molar-refractivity contribution in [1.82, 2.24) is 0 Å². The molecule has 0 saturated heterocycles. The molecule has 0 aliphatic heterocycles. The monoisotopic (exact) mass is 338 g/mol. The molecule has 0 fully saturated rings. The fourth-order valence-corrected chi connectivity index (χ4v) is 2.47. The molecule has 0 bridgehead atoms. The Bertz CT molecular complexity index is 748. The SMILES string of the molecule is C=CCc1c(OC)cc(C=CC(=O)c2ccc(OC)cc2)cc1OC. The Morgan fingerprint density at radius 2 is 1.60 bits per heavy atom. The standard InChI is InChI=1S/C21H22O4/c1-5-6-18-20(24-3)13-15(14-21(18)25-4)7-12-19(22)16-8-10-17(23-2)11-9-16/h5,7-14H,1,6H2,2-4H3. The zero-order chi connectivity index (χ0) is 18.2. The zero-order valence-electron chi connectivity index (χ0n) is 14.7. The van der Waals surface area contributed by atoms with Crippen molar-refractivity contribution in [2.24, 2.45) is 0 Å². The number of benzene rings is 2. The molecule has 4 nitrogen and oxygen atoms in total. The van der Waals surface area contributed by atoms with Gasteiger partial charge in [-0.1, -0.05) is 12.2 Å². The summed E-state index contributed by atoms with van der Waals surface area (Å²) >= 11 is 0. The summed E-state index contributed by atoms with van der Waals surface area (Å²) < 4.78 is 16.0. The molecule has 0 aliphatic rings. The molecule has 0 aromatic heterocycles. The molecular weight excluding hydrogens is 316 g/mol. The highest BCUT2D eigenvalue weighted by Crippen LogP contribution is 2.31. The lowest BCUT2D eigenvalue weighted by Crippen LogP contribution is -1.97. The Morgan fingerprint density at radius 3 is 2.08 bits per heavy atom. The third-order valence-corrected chi connectivity index (χ3v) is 3.78. The first kappa shape index (κ1) is 18.3. The highest BCUT2D eigenvalue weighted by Gasteiger charge is 2.10. The van der Waals surface area contributed by atoms with E-state index in [2.05, 4.69) is 6.58 Å². The summed E-state index contributed by atoms with van der Waals surface area (Å²) in [6.07, 6.45) is 5.71. The van der Waals surface area contributed by atoms with Gasteiger partial charge in [0.25, 0.3) is 0 Å². The number of hydrogen-bond acceptors (Lipinski definition) is 4. The van der Waals surface area contributed by atoms with Gasteiger partial charge in [0.2, 0.25) is 0 Å². The second-order valence-electron chi connectivity index (χ2n) is 5.32. The van der Waals surface area contributed by atoms with Crippen LogP contribution in [0.1, 0.15) is 21.5 Å². The highest BCUT2D eigenvalue weighted by molar-refractivity contribution is 6.06. The second kappa shape index (κ2) is 8.73. The molecule has 0 saturated carbocycles. The quantitative estimate of drug-likeness (QED) is 0.408. The molecule has 0 amide bonds. The third kappa shape index (κ3) is 4.51. The van der Waals surface area contributed by atoms with Crippen LogP contribution in [-0.2, 0) is 6.42 Å². The summed E-state index contributed by atoms with van der Waals surface area (Å²) in [5, 5.41) is 0. The minimum absolute atomic E-state index is 0.0873.